The normalized spacial score (nSPS) is 29.1. The van der Waals surface area contributed by atoms with E-state index in [0.717, 1.165) is 19.5 Å². The molecule has 0 unspecified atom stereocenters. The first-order valence-corrected chi connectivity index (χ1v) is 5.17. The SMILES string of the molecule is O=C1[C@@H]2C[C@@H]2CN1Cc1ccccc1. The average Bonchev–Trinajstić information content (AvgIpc) is 2.91. The van der Waals surface area contributed by atoms with E-state index in [9.17, 15) is 4.79 Å². The fourth-order valence-electron chi connectivity index (χ4n) is 2.31. The molecule has 72 valence electrons. The summed E-state index contributed by atoms with van der Waals surface area (Å²) in [6.07, 6.45) is 1.14. The highest BCUT2D eigenvalue weighted by Gasteiger charge is 2.51. The number of fused-ring (bicyclic) bond motifs is 1. The van der Waals surface area contributed by atoms with Crippen LogP contribution < -0.4 is 0 Å². The number of benzene rings is 1. The van der Waals surface area contributed by atoms with Crippen LogP contribution in [-0.4, -0.2) is 17.4 Å². The van der Waals surface area contributed by atoms with Crippen LogP contribution in [0.25, 0.3) is 0 Å². The van der Waals surface area contributed by atoms with Gasteiger partial charge in [0.05, 0.1) is 0 Å². The summed E-state index contributed by atoms with van der Waals surface area (Å²) in [5.41, 5.74) is 1.24. The molecule has 0 bridgehead atoms. The molecule has 2 fully saturated rings. The van der Waals surface area contributed by atoms with Gasteiger partial charge in [0.25, 0.3) is 0 Å². The van der Waals surface area contributed by atoms with Crippen molar-refractivity contribution in [2.75, 3.05) is 6.54 Å². The minimum Gasteiger partial charge on any atom is -0.338 e. The van der Waals surface area contributed by atoms with Gasteiger partial charge >= 0.3 is 0 Å². The van der Waals surface area contributed by atoms with Gasteiger partial charge in [-0.1, -0.05) is 30.3 Å². The van der Waals surface area contributed by atoms with Crippen LogP contribution in [0.5, 0.6) is 0 Å². The van der Waals surface area contributed by atoms with E-state index in [1.807, 2.05) is 23.1 Å². The molecule has 1 aliphatic heterocycles. The van der Waals surface area contributed by atoms with E-state index in [0.29, 0.717) is 17.7 Å². The number of rotatable bonds is 2. The Kier molecular flexibility index (Phi) is 1.63. The lowest BCUT2D eigenvalue weighted by molar-refractivity contribution is -0.130. The van der Waals surface area contributed by atoms with Crippen molar-refractivity contribution in [3.63, 3.8) is 0 Å². The van der Waals surface area contributed by atoms with Crippen molar-refractivity contribution in [3.8, 4) is 0 Å². The summed E-state index contributed by atoms with van der Waals surface area (Å²) in [7, 11) is 0. The van der Waals surface area contributed by atoms with E-state index in [2.05, 4.69) is 12.1 Å². The molecule has 1 heterocycles. The van der Waals surface area contributed by atoms with Gasteiger partial charge < -0.3 is 4.90 Å². The number of hydrogen-bond donors (Lipinski definition) is 0. The van der Waals surface area contributed by atoms with Crippen LogP contribution in [0.1, 0.15) is 12.0 Å². The summed E-state index contributed by atoms with van der Waals surface area (Å²) in [5, 5.41) is 0. The molecular weight excluding hydrogens is 174 g/mol. The maximum absolute atomic E-state index is 11.7. The second-order valence-electron chi connectivity index (χ2n) is 4.31. The van der Waals surface area contributed by atoms with Gasteiger partial charge in [-0.05, 0) is 17.9 Å². The van der Waals surface area contributed by atoms with Gasteiger partial charge in [0.15, 0.2) is 0 Å². The van der Waals surface area contributed by atoms with Crippen LogP contribution >= 0.6 is 0 Å². The Morgan fingerprint density at radius 3 is 2.71 bits per heavy atom. The lowest BCUT2D eigenvalue weighted by Crippen LogP contribution is -2.27. The third kappa shape index (κ3) is 1.22. The molecule has 1 aliphatic carbocycles. The average molecular weight is 187 g/mol. The van der Waals surface area contributed by atoms with Crippen molar-refractivity contribution in [1.82, 2.24) is 4.90 Å². The minimum atomic E-state index is 0.374. The van der Waals surface area contributed by atoms with Crippen molar-refractivity contribution in [2.24, 2.45) is 11.8 Å². The van der Waals surface area contributed by atoms with E-state index in [4.69, 9.17) is 0 Å². The van der Waals surface area contributed by atoms with Crippen LogP contribution in [0, 0.1) is 11.8 Å². The molecule has 1 amide bonds. The molecule has 1 saturated carbocycles. The fraction of sp³-hybridized carbons (Fsp3) is 0.417. The van der Waals surface area contributed by atoms with Gasteiger partial charge in [0.1, 0.15) is 0 Å². The molecule has 3 rings (SSSR count). The number of likely N-dealkylation sites (tertiary alicyclic amines) is 1. The number of carbonyl (C=O) groups excluding carboxylic acids is 1. The topological polar surface area (TPSA) is 20.3 Å². The molecule has 0 radical (unpaired) electrons. The van der Waals surface area contributed by atoms with Crippen molar-refractivity contribution in [3.05, 3.63) is 35.9 Å². The molecule has 2 atom stereocenters. The first-order valence-electron chi connectivity index (χ1n) is 5.17. The van der Waals surface area contributed by atoms with E-state index in [-0.39, 0.29) is 0 Å². The van der Waals surface area contributed by atoms with E-state index >= 15 is 0 Å². The van der Waals surface area contributed by atoms with Crippen molar-refractivity contribution in [1.29, 1.82) is 0 Å². The Hall–Kier alpha value is -1.31. The number of amides is 1. The summed E-state index contributed by atoms with van der Waals surface area (Å²) >= 11 is 0. The van der Waals surface area contributed by atoms with Gasteiger partial charge in [-0.25, -0.2) is 0 Å². The van der Waals surface area contributed by atoms with Crippen LogP contribution in [0.2, 0.25) is 0 Å². The number of carbonyl (C=O) groups is 1. The second kappa shape index (κ2) is 2.84. The highest BCUT2D eigenvalue weighted by Crippen LogP contribution is 2.46. The standard InChI is InChI=1S/C12H13NO/c14-12-11-6-10(11)8-13(12)7-9-4-2-1-3-5-9/h1-5,10-11H,6-8H2/t10-,11-/m1/s1. The molecule has 2 aliphatic rings. The number of nitrogens with zero attached hydrogens (tertiary/aromatic N) is 1. The Bertz CT molecular complexity index is 360. The molecule has 1 aromatic carbocycles. The van der Waals surface area contributed by atoms with E-state index < -0.39 is 0 Å². The lowest BCUT2D eigenvalue weighted by atomic mass is 10.2. The van der Waals surface area contributed by atoms with Gasteiger partial charge in [-0.3, -0.25) is 4.79 Å². The van der Waals surface area contributed by atoms with E-state index in [1.54, 1.807) is 0 Å². The summed E-state index contributed by atoms with van der Waals surface area (Å²) in [6, 6.07) is 10.2. The predicted octanol–water partition coefficient (Wildman–Crippen LogP) is 1.66. The lowest BCUT2D eigenvalue weighted by Gasteiger charge is -2.17. The zero-order chi connectivity index (χ0) is 9.54. The largest absolute Gasteiger partial charge is 0.338 e. The monoisotopic (exact) mass is 187 g/mol. The molecule has 0 aromatic heterocycles. The minimum absolute atomic E-state index is 0.374. The third-order valence-electron chi connectivity index (χ3n) is 3.22. The third-order valence-corrected chi connectivity index (χ3v) is 3.22. The first-order chi connectivity index (χ1) is 6.84. The maximum Gasteiger partial charge on any atom is 0.226 e. The van der Waals surface area contributed by atoms with Gasteiger partial charge in [-0.2, -0.15) is 0 Å². The molecule has 1 aromatic rings. The molecule has 0 N–H and O–H groups in total. The van der Waals surface area contributed by atoms with E-state index in [1.165, 1.54) is 5.56 Å². The molecular formula is C12H13NO. The van der Waals surface area contributed by atoms with Crippen LogP contribution in [0.3, 0.4) is 0 Å². The number of piperidine rings is 1. The Morgan fingerprint density at radius 2 is 2.07 bits per heavy atom. The number of hydrogen-bond acceptors (Lipinski definition) is 1. The van der Waals surface area contributed by atoms with Crippen LogP contribution in [0.4, 0.5) is 0 Å². The molecule has 14 heavy (non-hydrogen) atoms. The molecule has 2 heteroatoms. The Morgan fingerprint density at radius 1 is 1.29 bits per heavy atom. The summed E-state index contributed by atoms with van der Waals surface area (Å²) in [5.74, 6) is 1.45. The second-order valence-corrected chi connectivity index (χ2v) is 4.31. The molecule has 2 nitrogen and oxygen atoms in total. The zero-order valence-corrected chi connectivity index (χ0v) is 8.02. The summed E-state index contributed by atoms with van der Waals surface area (Å²) in [4.78, 5) is 13.7. The van der Waals surface area contributed by atoms with Crippen LogP contribution in [0.15, 0.2) is 30.3 Å². The fourth-order valence-corrected chi connectivity index (χ4v) is 2.31. The predicted molar refractivity (Wildman–Crippen MR) is 53.5 cm³/mol. The molecule has 1 saturated heterocycles. The Labute approximate surface area is 83.5 Å². The quantitative estimate of drug-likeness (QED) is 0.689. The van der Waals surface area contributed by atoms with Crippen molar-refractivity contribution in [2.45, 2.75) is 13.0 Å². The highest BCUT2D eigenvalue weighted by atomic mass is 16.2. The first kappa shape index (κ1) is 8.04. The Balaban J connectivity index is 1.71. The summed E-state index contributed by atoms with van der Waals surface area (Å²) < 4.78 is 0. The zero-order valence-electron chi connectivity index (χ0n) is 8.02. The smallest absolute Gasteiger partial charge is 0.226 e. The maximum atomic E-state index is 11.7. The van der Waals surface area contributed by atoms with Crippen LogP contribution in [-0.2, 0) is 11.3 Å². The molecule has 0 spiro atoms. The highest BCUT2D eigenvalue weighted by molar-refractivity contribution is 5.84. The van der Waals surface area contributed by atoms with Gasteiger partial charge in [-0.15, -0.1) is 0 Å². The van der Waals surface area contributed by atoms with Crippen molar-refractivity contribution < 1.29 is 4.79 Å². The van der Waals surface area contributed by atoms with Gasteiger partial charge in [0.2, 0.25) is 5.91 Å². The summed E-state index contributed by atoms with van der Waals surface area (Å²) in [6.45, 7) is 1.78. The van der Waals surface area contributed by atoms with Crippen molar-refractivity contribution >= 4 is 5.91 Å². The van der Waals surface area contributed by atoms with Gasteiger partial charge in [0, 0.05) is 19.0 Å².